The van der Waals surface area contributed by atoms with Gasteiger partial charge in [-0.1, -0.05) is 26.0 Å². The van der Waals surface area contributed by atoms with Crippen LogP contribution < -0.4 is 5.32 Å². The highest BCUT2D eigenvalue weighted by Crippen LogP contribution is 2.08. The van der Waals surface area contributed by atoms with Crippen LogP contribution in [0.15, 0.2) is 12.2 Å². The van der Waals surface area contributed by atoms with Crippen LogP contribution in [-0.4, -0.2) is 37.6 Å². The SMILES string of the molecule is C=C(CN1CCNCC1)C(C)C. The van der Waals surface area contributed by atoms with Gasteiger partial charge in [-0.15, -0.1) is 0 Å². The number of piperazine rings is 1. The fraction of sp³-hybridized carbons (Fsp3) is 0.800. The van der Waals surface area contributed by atoms with Crippen LogP contribution in [0.25, 0.3) is 0 Å². The summed E-state index contributed by atoms with van der Waals surface area (Å²) in [5, 5.41) is 3.35. The average Bonchev–Trinajstić information content (AvgIpc) is 2.06. The number of nitrogens with zero attached hydrogens (tertiary/aromatic N) is 1. The largest absolute Gasteiger partial charge is 0.314 e. The average molecular weight is 168 g/mol. The summed E-state index contributed by atoms with van der Waals surface area (Å²) in [5.74, 6) is 0.625. The summed E-state index contributed by atoms with van der Waals surface area (Å²) >= 11 is 0. The van der Waals surface area contributed by atoms with E-state index < -0.39 is 0 Å². The number of hydrogen-bond donors (Lipinski definition) is 1. The van der Waals surface area contributed by atoms with E-state index in [1.54, 1.807) is 0 Å². The molecule has 1 rings (SSSR count). The molecular weight excluding hydrogens is 148 g/mol. The molecule has 0 aromatic rings. The van der Waals surface area contributed by atoms with Gasteiger partial charge in [0.25, 0.3) is 0 Å². The zero-order chi connectivity index (χ0) is 8.97. The molecule has 1 saturated heterocycles. The molecule has 1 heterocycles. The monoisotopic (exact) mass is 168 g/mol. The van der Waals surface area contributed by atoms with Gasteiger partial charge in [0.1, 0.15) is 0 Å². The van der Waals surface area contributed by atoms with Crippen molar-refractivity contribution >= 4 is 0 Å². The van der Waals surface area contributed by atoms with Crippen LogP contribution in [0.2, 0.25) is 0 Å². The second kappa shape index (κ2) is 4.63. The third-order valence-corrected chi connectivity index (χ3v) is 2.45. The van der Waals surface area contributed by atoms with Crippen molar-refractivity contribution in [2.75, 3.05) is 32.7 Å². The van der Waals surface area contributed by atoms with Crippen LogP contribution in [0, 0.1) is 5.92 Å². The number of hydrogen-bond acceptors (Lipinski definition) is 2. The van der Waals surface area contributed by atoms with E-state index in [0.29, 0.717) is 5.92 Å². The lowest BCUT2D eigenvalue weighted by molar-refractivity contribution is 0.254. The molecule has 0 unspecified atom stereocenters. The van der Waals surface area contributed by atoms with Crippen LogP contribution in [0.1, 0.15) is 13.8 Å². The lowest BCUT2D eigenvalue weighted by Gasteiger charge is -2.28. The number of rotatable bonds is 3. The smallest absolute Gasteiger partial charge is 0.0193 e. The summed E-state index contributed by atoms with van der Waals surface area (Å²) in [4.78, 5) is 2.47. The summed E-state index contributed by atoms with van der Waals surface area (Å²) in [7, 11) is 0. The normalized spacial score (nSPS) is 19.9. The number of nitrogens with one attached hydrogen (secondary N) is 1. The van der Waals surface area contributed by atoms with Crippen molar-refractivity contribution in [1.82, 2.24) is 10.2 Å². The Labute approximate surface area is 75.6 Å². The molecule has 0 aliphatic carbocycles. The van der Waals surface area contributed by atoms with Crippen molar-refractivity contribution in [3.05, 3.63) is 12.2 Å². The highest BCUT2D eigenvalue weighted by Gasteiger charge is 2.11. The Morgan fingerprint density at radius 3 is 2.50 bits per heavy atom. The molecule has 2 heteroatoms. The Balaban J connectivity index is 2.24. The van der Waals surface area contributed by atoms with Crippen molar-refractivity contribution in [2.24, 2.45) is 5.92 Å². The molecular formula is C10H20N2. The molecule has 1 aliphatic heterocycles. The second-order valence-electron chi connectivity index (χ2n) is 3.84. The van der Waals surface area contributed by atoms with Gasteiger partial charge in [-0.3, -0.25) is 4.90 Å². The Morgan fingerprint density at radius 2 is 2.00 bits per heavy atom. The standard InChI is InChI=1S/C10H20N2/c1-9(2)10(3)8-12-6-4-11-5-7-12/h9,11H,3-8H2,1-2H3. The van der Waals surface area contributed by atoms with Crippen molar-refractivity contribution in [2.45, 2.75) is 13.8 Å². The van der Waals surface area contributed by atoms with Crippen LogP contribution in [-0.2, 0) is 0 Å². The maximum atomic E-state index is 4.09. The van der Waals surface area contributed by atoms with Gasteiger partial charge in [0, 0.05) is 32.7 Å². The van der Waals surface area contributed by atoms with E-state index in [0.717, 1.165) is 19.6 Å². The van der Waals surface area contributed by atoms with Gasteiger partial charge in [0.15, 0.2) is 0 Å². The zero-order valence-corrected chi connectivity index (χ0v) is 8.27. The van der Waals surface area contributed by atoms with Crippen molar-refractivity contribution < 1.29 is 0 Å². The first-order valence-corrected chi connectivity index (χ1v) is 4.81. The second-order valence-corrected chi connectivity index (χ2v) is 3.84. The van der Waals surface area contributed by atoms with Gasteiger partial charge in [0.2, 0.25) is 0 Å². The van der Waals surface area contributed by atoms with Crippen LogP contribution in [0.4, 0.5) is 0 Å². The summed E-state index contributed by atoms with van der Waals surface area (Å²) in [6.07, 6.45) is 0. The fourth-order valence-electron chi connectivity index (χ4n) is 1.34. The van der Waals surface area contributed by atoms with Crippen molar-refractivity contribution in [3.8, 4) is 0 Å². The minimum atomic E-state index is 0.625. The first-order chi connectivity index (χ1) is 5.70. The molecule has 70 valence electrons. The topological polar surface area (TPSA) is 15.3 Å². The minimum Gasteiger partial charge on any atom is -0.314 e. The molecule has 12 heavy (non-hydrogen) atoms. The molecule has 1 fully saturated rings. The maximum absolute atomic E-state index is 4.09. The Morgan fingerprint density at radius 1 is 1.42 bits per heavy atom. The summed E-state index contributed by atoms with van der Waals surface area (Å²) in [5.41, 5.74) is 1.36. The summed E-state index contributed by atoms with van der Waals surface area (Å²) in [6.45, 7) is 14.2. The van der Waals surface area contributed by atoms with Crippen LogP contribution >= 0.6 is 0 Å². The minimum absolute atomic E-state index is 0.625. The lowest BCUT2D eigenvalue weighted by atomic mass is 10.0. The zero-order valence-electron chi connectivity index (χ0n) is 8.27. The van der Waals surface area contributed by atoms with E-state index in [9.17, 15) is 0 Å². The van der Waals surface area contributed by atoms with Gasteiger partial charge in [0.05, 0.1) is 0 Å². The van der Waals surface area contributed by atoms with Gasteiger partial charge in [-0.05, 0) is 5.92 Å². The molecule has 0 aromatic heterocycles. The third-order valence-electron chi connectivity index (χ3n) is 2.45. The summed E-state index contributed by atoms with van der Waals surface area (Å²) < 4.78 is 0. The highest BCUT2D eigenvalue weighted by atomic mass is 15.2. The Bertz CT molecular complexity index is 146. The first kappa shape index (κ1) is 9.75. The quantitative estimate of drug-likeness (QED) is 0.635. The molecule has 0 atom stereocenters. The predicted octanol–water partition coefficient (Wildman–Crippen LogP) is 1.10. The van der Waals surface area contributed by atoms with Crippen LogP contribution in [0.5, 0.6) is 0 Å². The van der Waals surface area contributed by atoms with Gasteiger partial charge >= 0.3 is 0 Å². The molecule has 0 spiro atoms. The Kier molecular flexibility index (Phi) is 3.76. The molecule has 2 nitrogen and oxygen atoms in total. The molecule has 1 N–H and O–H groups in total. The molecule has 0 radical (unpaired) electrons. The van der Waals surface area contributed by atoms with E-state index in [4.69, 9.17) is 0 Å². The molecule has 0 bridgehead atoms. The van der Waals surface area contributed by atoms with Gasteiger partial charge < -0.3 is 5.32 Å². The van der Waals surface area contributed by atoms with Crippen molar-refractivity contribution in [3.63, 3.8) is 0 Å². The molecule has 0 saturated carbocycles. The third kappa shape index (κ3) is 2.95. The maximum Gasteiger partial charge on any atom is 0.0193 e. The van der Waals surface area contributed by atoms with E-state index in [2.05, 4.69) is 30.6 Å². The summed E-state index contributed by atoms with van der Waals surface area (Å²) in [6, 6.07) is 0. The highest BCUT2D eigenvalue weighted by molar-refractivity contribution is 5.00. The van der Waals surface area contributed by atoms with E-state index in [-0.39, 0.29) is 0 Å². The molecule has 0 amide bonds. The van der Waals surface area contributed by atoms with Gasteiger partial charge in [-0.25, -0.2) is 0 Å². The Hall–Kier alpha value is -0.340. The van der Waals surface area contributed by atoms with Gasteiger partial charge in [-0.2, -0.15) is 0 Å². The lowest BCUT2D eigenvalue weighted by Crippen LogP contribution is -2.44. The molecule has 0 aromatic carbocycles. The van der Waals surface area contributed by atoms with Crippen molar-refractivity contribution in [1.29, 1.82) is 0 Å². The van der Waals surface area contributed by atoms with E-state index in [1.807, 2.05) is 0 Å². The van der Waals surface area contributed by atoms with E-state index in [1.165, 1.54) is 18.7 Å². The van der Waals surface area contributed by atoms with E-state index >= 15 is 0 Å². The predicted molar refractivity (Wildman–Crippen MR) is 53.3 cm³/mol. The van der Waals surface area contributed by atoms with Crippen LogP contribution in [0.3, 0.4) is 0 Å². The molecule has 1 aliphatic rings. The fourth-order valence-corrected chi connectivity index (χ4v) is 1.34. The first-order valence-electron chi connectivity index (χ1n) is 4.81.